The monoisotopic (exact) mass is 247 g/mol. The summed E-state index contributed by atoms with van der Waals surface area (Å²) in [6.07, 6.45) is 3.09. The van der Waals surface area contributed by atoms with Gasteiger partial charge in [-0.15, -0.1) is 0 Å². The number of hydrogen-bond donors (Lipinski definition) is 1. The molecular formula is C14H14FNO2. The van der Waals surface area contributed by atoms with Crippen LogP contribution in [0.15, 0.2) is 24.4 Å². The minimum atomic E-state index is -0.357. The van der Waals surface area contributed by atoms with Gasteiger partial charge in [0.2, 0.25) is 0 Å². The van der Waals surface area contributed by atoms with Crippen molar-refractivity contribution in [1.29, 1.82) is 0 Å². The van der Waals surface area contributed by atoms with Crippen LogP contribution in [0.2, 0.25) is 0 Å². The normalized spacial score (nSPS) is 23.7. The molecule has 1 aliphatic rings. The van der Waals surface area contributed by atoms with Crippen molar-refractivity contribution in [1.82, 2.24) is 4.98 Å². The SMILES string of the molecule is CC1CCC(C(=O)c2c[nH]c3cc(F)ccc23)O1. The topological polar surface area (TPSA) is 42.1 Å². The van der Waals surface area contributed by atoms with Crippen molar-refractivity contribution in [3.05, 3.63) is 35.8 Å². The Morgan fingerprint density at radius 1 is 1.44 bits per heavy atom. The lowest BCUT2D eigenvalue weighted by atomic mass is 10.0. The van der Waals surface area contributed by atoms with Gasteiger partial charge in [0.15, 0.2) is 5.78 Å². The van der Waals surface area contributed by atoms with Crippen molar-refractivity contribution in [2.45, 2.75) is 32.0 Å². The van der Waals surface area contributed by atoms with Gasteiger partial charge in [-0.3, -0.25) is 4.79 Å². The Bertz CT molecular complexity index is 605. The summed E-state index contributed by atoms with van der Waals surface area (Å²) in [6, 6.07) is 4.39. The zero-order valence-corrected chi connectivity index (χ0v) is 10.1. The van der Waals surface area contributed by atoms with Crippen LogP contribution >= 0.6 is 0 Å². The van der Waals surface area contributed by atoms with E-state index in [1.54, 1.807) is 12.3 Å². The highest BCUT2D eigenvalue weighted by Crippen LogP contribution is 2.26. The van der Waals surface area contributed by atoms with Crippen LogP contribution in [0.25, 0.3) is 10.9 Å². The summed E-state index contributed by atoms with van der Waals surface area (Å²) in [5, 5.41) is 0.754. The van der Waals surface area contributed by atoms with Crippen molar-refractivity contribution in [2.24, 2.45) is 0 Å². The summed E-state index contributed by atoms with van der Waals surface area (Å²) in [6.45, 7) is 1.97. The molecule has 1 aliphatic heterocycles. The maximum Gasteiger partial charge on any atom is 0.193 e. The first-order valence-corrected chi connectivity index (χ1v) is 6.11. The minimum Gasteiger partial charge on any atom is -0.367 e. The number of aromatic amines is 1. The molecule has 18 heavy (non-hydrogen) atoms. The van der Waals surface area contributed by atoms with Crippen molar-refractivity contribution in [3.63, 3.8) is 0 Å². The summed E-state index contributed by atoms with van der Waals surface area (Å²) in [7, 11) is 0. The Hall–Kier alpha value is -1.68. The first kappa shape index (κ1) is 11.4. The molecular weight excluding hydrogens is 233 g/mol. The molecule has 0 radical (unpaired) electrons. The smallest absolute Gasteiger partial charge is 0.193 e. The molecule has 1 fully saturated rings. The molecule has 2 aromatic rings. The number of H-pyrrole nitrogens is 1. The fourth-order valence-corrected chi connectivity index (χ4v) is 2.47. The van der Waals surface area contributed by atoms with E-state index in [1.807, 2.05) is 6.92 Å². The number of halogens is 1. The quantitative estimate of drug-likeness (QED) is 0.829. The first-order chi connectivity index (χ1) is 8.65. The second-order valence-electron chi connectivity index (χ2n) is 4.77. The highest BCUT2D eigenvalue weighted by molar-refractivity contribution is 6.10. The molecule has 3 rings (SSSR count). The number of ether oxygens (including phenoxy) is 1. The summed E-state index contributed by atoms with van der Waals surface area (Å²) in [5.74, 6) is -0.328. The van der Waals surface area contributed by atoms with E-state index >= 15 is 0 Å². The predicted octanol–water partition coefficient (Wildman–Crippen LogP) is 3.06. The Balaban J connectivity index is 1.97. The molecule has 0 saturated carbocycles. The molecule has 4 heteroatoms. The van der Waals surface area contributed by atoms with Gasteiger partial charge >= 0.3 is 0 Å². The van der Waals surface area contributed by atoms with Crippen LogP contribution in [0.1, 0.15) is 30.1 Å². The lowest BCUT2D eigenvalue weighted by Crippen LogP contribution is -2.20. The van der Waals surface area contributed by atoms with Crippen LogP contribution in [0.5, 0.6) is 0 Å². The first-order valence-electron chi connectivity index (χ1n) is 6.11. The van der Waals surface area contributed by atoms with Gasteiger partial charge < -0.3 is 9.72 Å². The highest BCUT2D eigenvalue weighted by Gasteiger charge is 2.30. The predicted molar refractivity (Wildman–Crippen MR) is 66.2 cm³/mol. The molecule has 1 aromatic carbocycles. The summed E-state index contributed by atoms with van der Waals surface area (Å²) < 4.78 is 18.7. The number of aromatic nitrogens is 1. The third-order valence-electron chi connectivity index (χ3n) is 3.43. The number of carbonyl (C=O) groups is 1. The molecule has 94 valence electrons. The Kier molecular flexibility index (Phi) is 2.67. The van der Waals surface area contributed by atoms with Crippen molar-refractivity contribution >= 4 is 16.7 Å². The van der Waals surface area contributed by atoms with Crippen LogP contribution in [0, 0.1) is 5.82 Å². The van der Waals surface area contributed by atoms with Gasteiger partial charge in [0, 0.05) is 22.7 Å². The number of nitrogens with one attached hydrogen (secondary N) is 1. The fraction of sp³-hybridized carbons (Fsp3) is 0.357. The number of carbonyl (C=O) groups excluding carboxylic acids is 1. The summed E-state index contributed by atoms with van der Waals surface area (Å²) in [4.78, 5) is 15.2. The van der Waals surface area contributed by atoms with E-state index < -0.39 is 0 Å². The molecule has 3 nitrogen and oxygen atoms in total. The Morgan fingerprint density at radius 3 is 3.00 bits per heavy atom. The van der Waals surface area contributed by atoms with Crippen LogP contribution in [0.4, 0.5) is 4.39 Å². The lowest BCUT2D eigenvalue weighted by Gasteiger charge is -2.09. The van der Waals surface area contributed by atoms with Crippen LogP contribution in [0.3, 0.4) is 0 Å². The van der Waals surface area contributed by atoms with E-state index in [-0.39, 0.29) is 23.8 Å². The van der Waals surface area contributed by atoms with Gasteiger partial charge in [0.05, 0.1) is 6.10 Å². The van der Waals surface area contributed by atoms with Gasteiger partial charge in [-0.1, -0.05) is 0 Å². The van der Waals surface area contributed by atoms with Crippen molar-refractivity contribution < 1.29 is 13.9 Å². The number of ketones is 1. The third kappa shape index (κ3) is 1.82. The molecule has 0 spiro atoms. The van der Waals surface area contributed by atoms with Crippen molar-refractivity contribution in [2.75, 3.05) is 0 Å². The number of hydrogen-bond acceptors (Lipinski definition) is 2. The molecule has 0 amide bonds. The number of fused-ring (bicyclic) bond motifs is 1. The van der Waals surface area contributed by atoms with Crippen LogP contribution in [-0.2, 0) is 4.74 Å². The van der Waals surface area contributed by atoms with Crippen LogP contribution < -0.4 is 0 Å². The molecule has 0 bridgehead atoms. The van der Waals surface area contributed by atoms with Gasteiger partial charge in [-0.25, -0.2) is 4.39 Å². The zero-order valence-electron chi connectivity index (χ0n) is 10.1. The lowest BCUT2D eigenvalue weighted by molar-refractivity contribution is 0.0435. The van der Waals surface area contributed by atoms with Crippen LogP contribution in [-0.4, -0.2) is 23.0 Å². The Labute approximate surface area is 104 Å². The van der Waals surface area contributed by atoms with Gasteiger partial charge in [0.25, 0.3) is 0 Å². The maximum atomic E-state index is 13.1. The summed E-state index contributed by atoms with van der Waals surface area (Å²) >= 11 is 0. The zero-order chi connectivity index (χ0) is 12.7. The molecule has 2 atom stereocenters. The van der Waals surface area contributed by atoms with E-state index in [0.717, 1.165) is 18.2 Å². The van der Waals surface area contributed by atoms with Crippen molar-refractivity contribution in [3.8, 4) is 0 Å². The van der Waals surface area contributed by atoms with E-state index in [4.69, 9.17) is 4.74 Å². The van der Waals surface area contributed by atoms with E-state index in [2.05, 4.69) is 4.98 Å². The number of benzene rings is 1. The van der Waals surface area contributed by atoms with E-state index in [0.29, 0.717) is 11.1 Å². The average molecular weight is 247 g/mol. The average Bonchev–Trinajstić information content (AvgIpc) is 2.94. The maximum absolute atomic E-state index is 13.1. The van der Waals surface area contributed by atoms with Gasteiger partial charge in [-0.2, -0.15) is 0 Å². The minimum absolute atomic E-state index is 0.0165. The Morgan fingerprint density at radius 2 is 2.28 bits per heavy atom. The van der Waals surface area contributed by atoms with Gasteiger partial charge in [0.1, 0.15) is 11.9 Å². The summed E-state index contributed by atoms with van der Waals surface area (Å²) in [5.41, 5.74) is 1.23. The second-order valence-corrected chi connectivity index (χ2v) is 4.77. The van der Waals surface area contributed by atoms with E-state index in [9.17, 15) is 9.18 Å². The molecule has 2 unspecified atom stereocenters. The highest BCUT2D eigenvalue weighted by atomic mass is 19.1. The number of rotatable bonds is 2. The van der Waals surface area contributed by atoms with E-state index in [1.165, 1.54) is 12.1 Å². The molecule has 1 saturated heterocycles. The van der Waals surface area contributed by atoms with Gasteiger partial charge in [-0.05, 0) is 38.0 Å². The third-order valence-corrected chi connectivity index (χ3v) is 3.43. The standard InChI is InChI=1S/C14H14FNO2/c1-8-2-5-13(18-8)14(17)11-7-16-12-6-9(15)3-4-10(11)12/h3-4,6-8,13,16H,2,5H2,1H3. The molecule has 2 heterocycles. The fourth-order valence-electron chi connectivity index (χ4n) is 2.47. The number of Topliss-reactive ketones (excluding diaryl/α,β-unsaturated/α-hetero) is 1. The molecule has 0 aliphatic carbocycles. The molecule has 1 N–H and O–H groups in total. The molecule has 1 aromatic heterocycles. The second kappa shape index (κ2) is 4.21. The largest absolute Gasteiger partial charge is 0.367 e.